The van der Waals surface area contributed by atoms with Crippen LogP contribution in [0.4, 0.5) is 0 Å². The van der Waals surface area contributed by atoms with Crippen LogP contribution in [-0.2, 0) is 6.54 Å². The number of imidazole rings is 1. The van der Waals surface area contributed by atoms with E-state index >= 15 is 0 Å². The second-order valence-corrected chi connectivity index (χ2v) is 5.45. The molecule has 0 radical (unpaired) electrons. The molecule has 0 amide bonds. The number of rotatable bonds is 2. The van der Waals surface area contributed by atoms with Crippen LogP contribution in [0.25, 0.3) is 0 Å². The minimum Gasteiger partial charge on any atom is -0.345 e. The predicted octanol–water partition coefficient (Wildman–Crippen LogP) is 0.712. The van der Waals surface area contributed by atoms with Crippen molar-refractivity contribution in [3.05, 3.63) is 17.7 Å². The molecule has 2 aliphatic rings. The lowest BCUT2D eigenvalue weighted by Gasteiger charge is -2.17. The molecule has 1 aromatic rings. The van der Waals surface area contributed by atoms with Crippen molar-refractivity contribution in [1.82, 2.24) is 19.8 Å². The molecular weight excluding hydrogens is 200 g/mol. The van der Waals surface area contributed by atoms with Gasteiger partial charge in [0.15, 0.2) is 0 Å². The fraction of sp³-hybridized carbons (Fsp3) is 0.750. The predicted molar refractivity (Wildman–Crippen MR) is 63.1 cm³/mol. The topological polar surface area (TPSA) is 35.2 Å². The van der Waals surface area contributed by atoms with Gasteiger partial charge in [-0.05, 0) is 25.8 Å². The summed E-state index contributed by atoms with van der Waals surface area (Å²) in [5, 5.41) is 0. The molecule has 0 saturated carbocycles. The number of hydrogen-bond donors (Lipinski definition) is 1. The van der Waals surface area contributed by atoms with Gasteiger partial charge in [0.1, 0.15) is 5.82 Å². The van der Waals surface area contributed by atoms with Gasteiger partial charge in [-0.1, -0.05) is 0 Å². The summed E-state index contributed by atoms with van der Waals surface area (Å²) in [6, 6.07) is 0. The Morgan fingerprint density at radius 1 is 1.31 bits per heavy atom. The first-order chi connectivity index (χ1) is 7.70. The maximum atomic E-state index is 4.38. The third-order valence-electron chi connectivity index (χ3n) is 3.87. The van der Waals surface area contributed by atoms with Crippen molar-refractivity contribution in [3.63, 3.8) is 0 Å². The van der Waals surface area contributed by atoms with Crippen LogP contribution in [0.3, 0.4) is 0 Å². The van der Waals surface area contributed by atoms with E-state index in [-0.39, 0.29) is 0 Å². The van der Waals surface area contributed by atoms with Crippen molar-refractivity contribution in [2.24, 2.45) is 11.8 Å². The number of aryl methyl sites for hydroxylation is 1. The molecule has 0 aliphatic carbocycles. The molecule has 2 fully saturated rings. The van der Waals surface area contributed by atoms with Crippen LogP contribution in [-0.4, -0.2) is 53.0 Å². The maximum Gasteiger partial charge on any atom is 0.120 e. The Bertz CT molecular complexity index is 359. The van der Waals surface area contributed by atoms with Gasteiger partial charge in [-0.3, -0.25) is 4.90 Å². The number of aromatic nitrogens is 2. The average Bonchev–Trinajstić information content (AvgIpc) is 2.81. The van der Waals surface area contributed by atoms with E-state index in [2.05, 4.69) is 33.7 Å². The van der Waals surface area contributed by atoms with Gasteiger partial charge in [0, 0.05) is 38.1 Å². The van der Waals surface area contributed by atoms with Crippen molar-refractivity contribution < 1.29 is 0 Å². The Balaban J connectivity index is 1.59. The first-order valence-corrected chi connectivity index (χ1v) is 6.12. The number of nitrogens with one attached hydrogen (secondary N) is 1. The molecule has 1 N–H and O–H groups in total. The fourth-order valence-corrected chi connectivity index (χ4v) is 3.21. The van der Waals surface area contributed by atoms with Gasteiger partial charge in [-0.25, -0.2) is 4.98 Å². The minimum absolute atomic E-state index is 0.890. The number of H-pyrrole nitrogens is 1. The molecule has 0 spiro atoms. The largest absolute Gasteiger partial charge is 0.345 e. The lowest BCUT2D eigenvalue weighted by molar-refractivity contribution is 0.267. The van der Waals surface area contributed by atoms with Crippen LogP contribution < -0.4 is 0 Å². The molecule has 2 saturated heterocycles. The van der Waals surface area contributed by atoms with E-state index in [1.54, 1.807) is 0 Å². The Morgan fingerprint density at radius 3 is 2.56 bits per heavy atom. The Hall–Kier alpha value is -0.870. The molecule has 3 rings (SSSR count). The Labute approximate surface area is 96.7 Å². The van der Waals surface area contributed by atoms with Gasteiger partial charge < -0.3 is 9.88 Å². The molecular formula is C12H20N4. The van der Waals surface area contributed by atoms with Gasteiger partial charge in [0.05, 0.1) is 6.54 Å². The molecule has 0 unspecified atom stereocenters. The van der Waals surface area contributed by atoms with Gasteiger partial charge in [0.2, 0.25) is 0 Å². The highest BCUT2D eigenvalue weighted by Gasteiger charge is 2.38. The minimum atomic E-state index is 0.890. The summed E-state index contributed by atoms with van der Waals surface area (Å²) in [5.74, 6) is 2.90. The second-order valence-electron chi connectivity index (χ2n) is 5.45. The highest BCUT2D eigenvalue weighted by Crippen LogP contribution is 2.30. The number of fused-ring (bicyclic) bond motifs is 1. The summed E-state index contributed by atoms with van der Waals surface area (Å²) in [6.45, 7) is 8.09. The van der Waals surface area contributed by atoms with Gasteiger partial charge in [-0.15, -0.1) is 0 Å². The summed E-state index contributed by atoms with van der Waals surface area (Å²) >= 11 is 0. The van der Waals surface area contributed by atoms with E-state index in [1.807, 2.05) is 6.20 Å². The number of hydrogen-bond acceptors (Lipinski definition) is 3. The summed E-state index contributed by atoms with van der Waals surface area (Å²) in [6.07, 6.45) is 1.92. The van der Waals surface area contributed by atoms with E-state index in [1.165, 1.54) is 26.2 Å². The van der Waals surface area contributed by atoms with Crippen molar-refractivity contribution in [2.75, 3.05) is 33.2 Å². The zero-order chi connectivity index (χ0) is 11.1. The van der Waals surface area contributed by atoms with Crippen molar-refractivity contribution in [1.29, 1.82) is 0 Å². The van der Waals surface area contributed by atoms with Crippen molar-refractivity contribution in [3.8, 4) is 0 Å². The first-order valence-electron chi connectivity index (χ1n) is 6.12. The average molecular weight is 220 g/mol. The van der Waals surface area contributed by atoms with Crippen LogP contribution in [0.5, 0.6) is 0 Å². The lowest BCUT2D eigenvalue weighted by Crippen LogP contribution is -2.26. The van der Waals surface area contributed by atoms with Crippen LogP contribution in [0.15, 0.2) is 6.20 Å². The highest BCUT2D eigenvalue weighted by atomic mass is 15.2. The second kappa shape index (κ2) is 3.86. The van der Waals surface area contributed by atoms with Gasteiger partial charge >= 0.3 is 0 Å². The third-order valence-corrected chi connectivity index (χ3v) is 3.87. The zero-order valence-corrected chi connectivity index (χ0v) is 10.1. The number of aromatic amines is 1. The molecule has 4 heteroatoms. The normalized spacial score (nSPS) is 31.1. The highest BCUT2D eigenvalue weighted by molar-refractivity contribution is 5.00. The monoisotopic (exact) mass is 220 g/mol. The Morgan fingerprint density at radius 2 is 2.00 bits per heavy atom. The van der Waals surface area contributed by atoms with E-state index in [0.29, 0.717) is 0 Å². The summed E-state index contributed by atoms with van der Waals surface area (Å²) in [7, 11) is 2.23. The molecule has 3 heterocycles. The molecule has 0 bridgehead atoms. The van der Waals surface area contributed by atoms with Crippen LogP contribution in [0.1, 0.15) is 11.5 Å². The molecule has 4 nitrogen and oxygen atoms in total. The molecule has 1 aromatic heterocycles. The fourth-order valence-electron chi connectivity index (χ4n) is 3.21. The van der Waals surface area contributed by atoms with Gasteiger partial charge in [-0.2, -0.15) is 0 Å². The van der Waals surface area contributed by atoms with Crippen molar-refractivity contribution >= 4 is 0 Å². The Kier molecular flexibility index (Phi) is 2.48. The summed E-state index contributed by atoms with van der Waals surface area (Å²) in [5.41, 5.74) is 1.16. The van der Waals surface area contributed by atoms with E-state index in [0.717, 1.165) is 29.9 Å². The third kappa shape index (κ3) is 1.87. The van der Waals surface area contributed by atoms with E-state index in [4.69, 9.17) is 0 Å². The zero-order valence-electron chi connectivity index (χ0n) is 10.1. The SMILES string of the molecule is Cc1cnc(CN2C[C@H]3CN(C)C[C@H]3C2)[nH]1. The molecule has 0 aromatic carbocycles. The van der Waals surface area contributed by atoms with E-state index in [9.17, 15) is 0 Å². The quantitative estimate of drug-likeness (QED) is 0.797. The van der Waals surface area contributed by atoms with Crippen LogP contribution in [0.2, 0.25) is 0 Å². The smallest absolute Gasteiger partial charge is 0.120 e. The number of likely N-dealkylation sites (tertiary alicyclic amines) is 2. The van der Waals surface area contributed by atoms with Crippen LogP contribution in [0, 0.1) is 18.8 Å². The summed E-state index contributed by atoms with van der Waals surface area (Å²) < 4.78 is 0. The molecule has 2 atom stereocenters. The standard InChI is InChI=1S/C12H20N4/c1-9-3-13-12(14-9)8-16-6-10-4-15(2)5-11(10)7-16/h3,10-11H,4-8H2,1-2H3,(H,13,14)/t10-,11+. The van der Waals surface area contributed by atoms with Crippen molar-refractivity contribution in [2.45, 2.75) is 13.5 Å². The first kappa shape index (κ1) is 10.3. The van der Waals surface area contributed by atoms with Gasteiger partial charge in [0.25, 0.3) is 0 Å². The molecule has 16 heavy (non-hydrogen) atoms. The van der Waals surface area contributed by atoms with Crippen LogP contribution >= 0.6 is 0 Å². The molecule has 2 aliphatic heterocycles. The maximum absolute atomic E-state index is 4.38. The van der Waals surface area contributed by atoms with E-state index < -0.39 is 0 Å². The lowest BCUT2D eigenvalue weighted by atomic mass is 10.0. The molecule has 88 valence electrons. The summed E-state index contributed by atoms with van der Waals surface area (Å²) in [4.78, 5) is 12.7. The number of nitrogens with zero attached hydrogens (tertiary/aromatic N) is 3.